The molecule has 0 saturated carbocycles. The number of carbonyl (C=O) groups is 1. The summed E-state index contributed by atoms with van der Waals surface area (Å²) in [6, 6.07) is 17.0. The second kappa shape index (κ2) is 4.83. The van der Waals surface area contributed by atoms with Crippen LogP contribution in [0.25, 0.3) is 0 Å². The average molecular weight is 298 g/mol. The van der Waals surface area contributed by atoms with E-state index in [0.29, 0.717) is 11.1 Å². The minimum atomic E-state index is -1.89. The summed E-state index contributed by atoms with van der Waals surface area (Å²) in [5.74, 6) is 0. The molecule has 0 bridgehead atoms. The van der Waals surface area contributed by atoms with Gasteiger partial charge in [0.05, 0.1) is 0 Å². The normalized spacial score (nSPS) is 28.3. The van der Waals surface area contributed by atoms with Gasteiger partial charge < -0.3 is 10.2 Å². The molecule has 0 aromatic heterocycles. The van der Waals surface area contributed by atoms with Gasteiger partial charge in [0.25, 0.3) is 0 Å². The minimum absolute atomic E-state index is 0.446. The molecular weight excluding hydrogens is 280 g/mol. The van der Waals surface area contributed by atoms with Crippen LogP contribution < -0.4 is 0 Å². The number of amides is 2. The van der Waals surface area contributed by atoms with Crippen molar-refractivity contribution in [1.29, 1.82) is 0 Å². The Bertz CT molecular complexity index is 632. The summed E-state index contributed by atoms with van der Waals surface area (Å²) in [5.41, 5.74) is -2.88. The summed E-state index contributed by atoms with van der Waals surface area (Å²) in [6.45, 7) is 0. The fourth-order valence-electron chi connectivity index (χ4n) is 3.10. The summed E-state index contributed by atoms with van der Waals surface area (Å²) in [5, 5.41) is 22.7. The van der Waals surface area contributed by atoms with Gasteiger partial charge >= 0.3 is 6.03 Å². The lowest BCUT2D eigenvalue weighted by Crippen LogP contribution is -2.56. The largest absolute Gasteiger partial charge is 0.363 e. The van der Waals surface area contributed by atoms with Crippen molar-refractivity contribution in [3.05, 3.63) is 71.8 Å². The van der Waals surface area contributed by atoms with E-state index in [1.165, 1.54) is 14.1 Å². The molecule has 1 heterocycles. The Labute approximate surface area is 129 Å². The fraction of sp³-hybridized carbons (Fsp3) is 0.235. The van der Waals surface area contributed by atoms with Crippen LogP contribution in [0.15, 0.2) is 60.7 Å². The number of likely N-dealkylation sites (N-methyl/N-ethyl adjacent to an activating group) is 2. The van der Waals surface area contributed by atoms with Gasteiger partial charge in [0.2, 0.25) is 11.4 Å². The first kappa shape index (κ1) is 14.6. The quantitative estimate of drug-likeness (QED) is 0.886. The molecule has 3 rings (SSSR count). The van der Waals surface area contributed by atoms with Gasteiger partial charge in [-0.05, 0) is 0 Å². The predicted octanol–water partition coefficient (Wildman–Crippen LogP) is 1.67. The number of urea groups is 1. The molecule has 0 aliphatic carbocycles. The van der Waals surface area contributed by atoms with Gasteiger partial charge in [0.1, 0.15) is 0 Å². The molecule has 1 aliphatic rings. The zero-order valence-corrected chi connectivity index (χ0v) is 12.5. The molecule has 2 amide bonds. The lowest BCUT2D eigenvalue weighted by molar-refractivity contribution is -0.237. The lowest BCUT2D eigenvalue weighted by Gasteiger charge is -2.42. The average Bonchev–Trinajstić information content (AvgIpc) is 2.71. The molecule has 2 unspecified atom stereocenters. The molecule has 2 N–H and O–H groups in total. The van der Waals surface area contributed by atoms with E-state index in [1.54, 1.807) is 48.5 Å². The van der Waals surface area contributed by atoms with E-state index < -0.39 is 17.5 Å². The van der Waals surface area contributed by atoms with Crippen LogP contribution >= 0.6 is 0 Å². The van der Waals surface area contributed by atoms with Crippen LogP contribution in [0.2, 0.25) is 0 Å². The molecule has 1 saturated heterocycles. The van der Waals surface area contributed by atoms with Crippen molar-refractivity contribution < 1.29 is 15.0 Å². The minimum Gasteiger partial charge on any atom is -0.363 e. The molecule has 114 valence electrons. The first-order valence-corrected chi connectivity index (χ1v) is 7.01. The molecule has 1 aliphatic heterocycles. The lowest BCUT2D eigenvalue weighted by atomic mass is 9.86. The van der Waals surface area contributed by atoms with Gasteiger partial charge in [-0.1, -0.05) is 60.7 Å². The summed E-state index contributed by atoms with van der Waals surface area (Å²) in [7, 11) is 2.96. The monoisotopic (exact) mass is 298 g/mol. The predicted molar refractivity (Wildman–Crippen MR) is 81.6 cm³/mol. The second-order valence-electron chi connectivity index (χ2n) is 5.48. The van der Waals surface area contributed by atoms with Crippen molar-refractivity contribution in [1.82, 2.24) is 9.80 Å². The Morgan fingerprint density at radius 2 is 1.05 bits per heavy atom. The van der Waals surface area contributed by atoms with Crippen molar-refractivity contribution in [2.75, 3.05) is 14.1 Å². The maximum absolute atomic E-state index is 12.4. The van der Waals surface area contributed by atoms with E-state index >= 15 is 0 Å². The summed E-state index contributed by atoms with van der Waals surface area (Å²) in [6.07, 6.45) is 0. The van der Waals surface area contributed by atoms with Gasteiger partial charge in [0, 0.05) is 25.2 Å². The first-order valence-electron chi connectivity index (χ1n) is 7.01. The summed E-state index contributed by atoms with van der Waals surface area (Å²) in [4.78, 5) is 14.7. The van der Waals surface area contributed by atoms with Gasteiger partial charge in [-0.15, -0.1) is 0 Å². The van der Waals surface area contributed by atoms with Crippen molar-refractivity contribution in [3.63, 3.8) is 0 Å². The van der Waals surface area contributed by atoms with Crippen molar-refractivity contribution in [2.24, 2.45) is 0 Å². The molecule has 1 fully saturated rings. The van der Waals surface area contributed by atoms with Gasteiger partial charge in [-0.3, -0.25) is 9.80 Å². The number of benzene rings is 2. The molecule has 2 aromatic rings. The van der Waals surface area contributed by atoms with E-state index in [-0.39, 0.29) is 0 Å². The Balaban J connectivity index is 2.28. The van der Waals surface area contributed by atoms with Gasteiger partial charge in [-0.2, -0.15) is 0 Å². The Morgan fingerprint density at radius 3 is 1.36 bits per heavy atom. The molecule has 22 heavy (non-hydrogen) atoms. The second-order valence-corrected chi connectivity index (χ2v) is 5.48. The topological polar surface area (TPSA) is 64.0 Å². The summed E-state index contributed by atoms with van der Waals surface area (Å²) >= 11 is 0. The number of hydrogen-bond donors (Lipinski definition) is 2. The van der Waals surface area contributed by atoms with Crippen LogP contribution in [0.3, 0.4) is 0 Å². The highest BCUT2D eigenvalue weighted by atomic mass is 16.4. The number of aliphatic hydroxyl groups is 2. The van der Waals surface area contributed by atoms with Gasteiger partial charge in [0.15, 0.2) is 0 Å². The van der Waals surface area contributed by atoms with E-state index in [4.69, 9.17) is 0 Å². The smallest absolute Gasteiger partial charge is 0.324 e. The van der Waals surface area contributed by atoms with Crippen molar-refractivity contribution >= 4 is 6.03 Å². The molecule has 0 spiro atoms. The van der Waals surface area contributed by atoms with E-state index in [9.17, 15) is 15.0 Å². The number of rotatable bonds is 2. The highest BCUT2D eigenvalue weighted by Gasteiger charge is 2.66. The molecular formula is C17H18N2O3. The van der Waals surface area contributed by atoms with E-state index in [0.717, 1.165) is 9.80 Å². The first-order chi connectivity index (χ1) is 10.4. The zero-order chi connectivity index (χ0) is 16.0. The summed E-state index contributed by atoms with van der Waals surface area (Å²) < 4.78 is 0. The Hall–Kier alpha value is -2.37. The SMILES string of the molecule is CN1C(=O)N(C)C(O)(c2ccccc2)C1(O)c1ccccc1. The van der Waals surface area contributed by atoms with Gasteiger partial charge in [-0.25, -0.2) is 4.79 Å². The van der Waals surface area contributed by atoms with Crippen molar-refractivity contribution in [3.8, 4) is 0 Å². The van der Waals surface area contributed by atoms with Crippen LogP contribution in [0.4, 0.5) is 4.79 Å². The zero-order valence-electron chi connectivity index (χ0n) is 12.5. The molecule has 5 nitrogen and oxygen atoms in total. The van der Waals surface area contributed by atoms with Crippen LogP contribution in [-0.4, -0.2) is 40.1 Å². The van der Waals surface area contributed by atoms with Crippen LogP contribution in [0, 0.1) is 0 Å². The maximum Gasteiger partial charge on any atom is 0.324 e. The standard InChI is InChI=1S/C17H18N2O3/c1-18-15(20)19(2)17(22,14-11-7-4-8-12-14)16(18,21)13-9-5-3-6-10-13/h3-12,21-22H,1-2H3. The number of carbonyl (C=O) groups excluding carboxylic acids is 1. The third-order valence-corrected chi connectivity index (χ3v) is 4.38. The van der Waals surface area contributed by atoms with E-state index in [2.05, 4.69) is 0 Å². The number of nitrogens with zero attached hydrogens (tertiary/aromatic N) is 2. The Kier molecular flexibility index (Phi) is 3.20. The van der Waals surface area contributed by atoms with Crippen LogP contribution in [-0.2, 0) is 11.4 Å². The van der Waals surface area contributed by atoms with E-state index in [1.807, 2.05) is 12.1 Å². The third kappa shape index (κ3) is 1.63. The number of hydrogen-bond acceptors (Lipinski definition) is 3. The fourth-order valence-corrected chi connectivity index (χ4v) is 3.10. The molecule has 0 radical (unpaired) electrons. The maximum atomic E-state index is 12.4. The molecule has 2 atom stereocenters. The molecule has 2 aromatic carbocycles. The molecule has 5 heteroatoms. The van der Waals surface area contributed by atoms with Crippen molar-refractivity contribution in [2.45, 2.75) is 11.4 Å². The third-order valence-electron chi connectivity index (χ3n) is 4.38. The Morgan fingerprint density at radius 1 is 0.727 bits per heavy atom. The highest BCUT2D eigenvalue weighted by molar-refractivity contribution is 5.79. The highest BCUT2D eigenvalue weighted by Crippen LogP contribution is 2.49. The van der Waals surface area contributed by atoms with Crippen LogP contribution in [0.1, 0.15) is 11.1 Å². The van der Waals surface area contributed by atoms with Crippen LogP contribution in [0.5, 0.6) is 0 Å².